The van der Waals surface area contributed by atoms with Gasteiger partial charge in [-0.3, -0.25) is 14.7 Å². The molecule has 1 aromatic rings. The van der Waals surface area contributed by atoms with Gasteiger partial charge in [0, 0.05) is 57.4 Å². The summed E-state index contributed by atoms with van der Waals surface area (Å²) in [6.45, 7) is 10.5. The van der Waals surface area contributed by atoms with Gasteiger partial charge in [0.05, 0.1) is 13.2 Å². The predicted molar refractivity (Wildman–Crippen MR) is 132 cm³/mol. The molecular weight excluding hydrogens is 493 g/mol. The number of hydrogen-bond donors (Lipinski definition) is 2. The molecule has 1 aromatic carbocycles. The molecular formula is C22H36IN5O2. The van der Waals surface area contributed by atoms with Crippen molar-refractivity contribution in [3.05, 3.63) is 35.4 Å². The van der Waals surface area contributed by atoms with Crippen molar-refractivity contribution in [3.63, 3.8) is 0 Å². The molecule has 2 saturated heterocycles. The normalized spacial score (nSPS) is 21.1. The molecule has 2 aliphatic heterocycles. The van der Waals surface area contributed by atoms with Crippen molar-refractivity contribution in [2.24, 2.45) is 4.99 Å². The molecule has 7 nitrogen and oxygen atoms in total. The van der Waals surface area contributed by atoms with E-state index < -0.39 is 0 Å². The van der Waals surface area contributed by atoms with Crippen LogP contribution in [0.2, 0.25) is 0 Å². The third-order valence-corrected chi connectivity index (χ3v) is 5.87. The van der Waals surface area contributed by atoms with Crippen LogP contribution in [0.25, 0.3) is 0 Å². The van der Waals surface area contributed by atoms with Crippen molar-refractivity contribution in [2.75, 3.05) is 46.4 Å². The summed E-state index contributed by atoms with van der Waals surface area (Å²) in [7, 11) is 1.83. The van der Waals surface area contributed by atoms with Crippen LogP contribution in [-0.2, 0) is 11.3 Å². The van der Waals surface area contributed by atoms with E-state index in [1.165, 1.54) is 0 Å². The van der Waals surface area contributed by atoms with Crippen LogP contribution in [0.4, 0.5) is 0 Å². The van der Waals surface area contributed by atoms with E-state index in [4.69, 9.17) is 4.74 Å². The van der Waals surface area contributed by atoms with Gasteiger partial charge in [0.2, 0.25) is 0 Å². The van der Waals surface area contributed by atoms with Gasteiger partial charge in [0.1, 0.15) is 0 Å². The number of carbonyl (C=O) groups excluding carboxylic acids is 1. The standard InChI is InChI=1S/C22H35N5O2.HI/c1-4-17(2)25-21(28)19-7-5-6-18(14-19)15-24-22(23-3)27-9-8-20(16-27)26-10-12-29-13-11-26;/h5-7,14,17,20H,4,8-13,15-16H2,1-3H3,(H,23,24)(H,25,28);1H. The number of rotatable bonds is 6. The fourth-order valence-corrected chi connectivity index (χ4v) is 3.92. The van der Waals surface area contributed by atoms with Gasteiger partial charge < -0.3 is 20.3 Å². The molecule has 1 amide bonds. The van der Waals surface area contributed by atoms with Gasteiger partial charge in [-0.05, 0) is 37.5 Å². The van der Waals surface area contributed by atoms with E-state index in [0.717, 1.165) is 63.8 Å². The van der Waals surface area contributed by atoms with E-state index in [9.17, 15) is 4.79 Å². The summed E-state index contributed by atoms with van der Waals surface area (Å²) in [6, 6.07) is 8.56. The Balaban J connectivity index is 0.00000320. The first-order chi connectivity index (χ1) is 14.1. The topological polar surface area (TPSA) is 69.2 Å². The van der Waals surface area contributed by atoms with Gasteiger partial charge in [-0.25, -0.2) is 0 Å². The molecule has 2 aliphatic rings. The summed E-state index contributed by atoms with van der Waals surface area (Å²) in [5, 5.41) is 6.50. The summed E-state index contributed by atoms with van der Waals surface area (Å²) >= 11 is 0. The van der Waals surface area contributed by atoms with E-state index in [1.807, 2.05) is 38.2 Å². The summed E-state index contributed by atoms with van der Waals surface area (Å²) < 4.78 is 5.48. The third-order valence-electron chi connectivity index (χ3n) is 5.87. The molecule has 2 heterocycles. The maximum Gasteiger partial charge on any atom is 0.251 e. The smallest absolute Gasteiger partial charge is 0.251 e. The molecule has 2 fully saturated rings. The lowest BCUT2D eigenvalue weighted by Gasteiger charge is -2.32. The van der Waals surface area contributed by atoms with Crippen LogP contribution in [0.5, 0.6) is 0 Å². The number of ether oxygens (including phenoxy) is 1. The average molecular weight is 529 g/mol. The minimum atomic E-state index is -0.0153. The van der Waals surface area contributed by atoms with Crippen molar-refractivity contribution < 1.29 is 9.53 Å². The number of halogens is 1. The highest BCUT2D eigenvalue weighted by Gasteiger charge is 2.30. The van der Waals surface area contributed by atoms with Crippen LogP contribution >= 0.6 is 24.0 Å². The first-order valence-corrected chi connectivity index (χ1v) is 10.8. The highest BCUT2D eigenvalue weighted by molar-refractivity contribution is 14.0. The zero-order valence-corrected chi connectivity index (χ0v) is 20.7. The van der Waals surface area contributed by atoms with Crippen molar-refractivity contribution in [1.82, 2.24) is 20.4 Å². The van der Waals surface area contributed by atoms with Crippen LogP contribution in [0, 0.1) is 0 Å². The van der Waals surface area contributed by atoms with Crippen LogP contribution in [0.1, 0.15) is 42.6 Å². The van der Waals surface area contributed by atoms with Crippen LogP contribution in [0.15, 0.2) is 29.3 Å². The summed E-state index contributed by atoms with van der Waals surface area (Å²) in [6.07, 6.45) is 2.08. The number of likely N-dealkylation sites (tertiary alicyclic amines) is 1. The van der Waals surface area contributed by atoms with Gasteiger partial charge in [0.25, 0.3) is 5.91 Å². The van der Waals surface area contributed by atoms with E-state index in [-0.39, 0.29) is 35.9 Å². The third kappa shape index (κ3) is 6.81. The van der Waals surface area contributed by atoms with Gasteiger partial charge in [-0.1, -0.05) is 19.1 Å². The molecule has 0 saturated carbocycles. The number of carbonyl (C=O) groups is 1. The number of morpholine rings is 1. The second-order valence-electron chi connectivity index (χ2n) is 7.92. The first-order valence-electron chi connectivity index (χ1n) is 10.8. The first kappa shape index (κ1) is 24.9. The largest absolute Gasteiger partial charge is 0.379 e. The molecule has 3 rings (SSSR count). The molecule has 2 N–H and O–H groups in total. The van der Waals surface area contributed by atoms with Crippen molar-refractivity contribution in [1.29, 1.82) is 0 Å². The highest BCUT2D eigenvalue weighted by Crippen LogP contribution is 2.17. The van der Waals surface area contributed by atoms with Crippen molar-refractivity contribution >= 4 is 35.8 Å². The number of nitrogens with one attached hydrogen (secondary N) is 2. The second-order valence-corrected chi connectivity index (χ2v) is 7.92. The molecule has 0 bridgehead atoms. The molecule has 0 radical (unpaired) electrons. The predicted octanol–water partition coefficient (Wildman–Crippen LogP) is 2.31. The Morgan fingerprint density at radius 3 is 2.77 bits per heavy atom. The van der Waals surface area contributed by atoms with Gasteiger partial charge in [0.15, 0.2) is 5.96 Å². The number of amides is 1. The molecule has 0 aliphatic carbocycles. The van der Waals surface area contributed by atoms with Gasteiger partial charge in [-0.2, -0.15) is 0 Å². The Morgan fingerprint density at radius 2 is 2.07 bits per heavy atom. The van der Waals surface area contributed by atoms with E-state index >= 15 is 0 Å². The monoisotopic (exact) mass is 529 g/mol. The van der Waals surface area contributed by atoms with Crippen molar-refractivity contribution in [2.45, 2.75) is 45.3 Å². The summed E-state index contributed by atoms with van der Waals surface area (Å²) in [4.78, 5) is 21.7. The lowest BCUT2D eigenvalue weighted by molar-refractivity contribution is 0.0195. The minimum absolute atomic E-state index is 0. The number of benzene rings is 1. The van der Waals surface area contributed by atoms with Crippen LogP contribution in [0.3, 0.4) is 0 Å². The number of guanidine groups is 1. The zero-order valence-electron chi connectivity index (χ0n) is 18.4. The fourth-order valence-electron chi connectivity index (χ4n) is 3.92. The Bertz CT molecular complexity index is 709. The molecule has 0 aromatic heterocycles. The second kappa shape index (κ2) is 12.5. The van der Waals surface area contributed by atoms with E-state index in [1.54, 1.807) is 0 Å². The average Bonchev–Trinajstić information content (AvgIpc) is 3.25. The minimum Gasteiger partial charge on any atom is -0.379 e. The Hall–Kier alpha value is -1.39. The molecule has 2 unspecified atom stereocenters. The van der Waals surface area contributed by atoms with Gasteiger partial charge >= 0.3 is 0 Å². The van der Waals surface area contributed by atoms with Crippen LogP contribution < -0.4 is 10.6 Å². The SMILES string of the molecule is CCC(C)NC(=O)c1cccc(CNC(=NC)N2CCC(N3CCOCC3)C2)c1.I. The molecule has 0 spiro atoms. The maximum absolute atomic E-state index is 12.4. The number of hydrogen-bond acceptors (Lipinski definition) is 4. The summed E-state index contributed by atoms with van der Waals surface area (Å²) in [5.74, 6) is 0.911. The lowest BCUT2D eigenvalue weighted by atomic mass is 10.1. The Labute approximate surface area is 197 Å². The lowest BCUT2D eigenvalue weighted by Crippen LogP contribution is -2.46. The molecule has 8 heteroatoms. The van der Waals surface area contributed by atoms with E-state index in [0.29, 0.717) is 18.2 Å². The summed E-state index contributed by atoms with van der Waals surface area (Å²) in [5.41, 5.74) is 1.78. The zero-order chi connectivity index (χ0) is 20.6. The molecule has 2 atom stereocenters. The van der Waals surface area contributed by atoms with Crippen LogP contribution in [-0.4, -0.2) is 80.2 Å². The Morgan fingerprint density at radius 1 is 1.30 bits per heavy atom. The highest BCUT2D eigenvalue weighted by atomic mass is 127. The quantitative estimate of drug-likeness (QED) is 0.337. The number of nitrogens with zero attached hydrogens (tertiary/aromatic N) is 3. The number of aliphatic imine (C=N–C) groups is 1. The fraction of sp³-hybridized carbons (Fsp3) is 0.636. The van der Waals surface area contributed by atoms with Gasteiger partial charge in [-0.15, -0.1) is 24.0 Å². The maximum atomic E-state index is 12.4. The van der Waals surface area contributed by atoms with Crippen molar-refractivity contribution in [3.8, 4) is 0 Å². The van der Waals surface area contributed by atoms with E-state index in [2.05, 4.69) is 32.3 Å². The molecule has 168 valence electrons. The molecule has 30 heavy (non-hydrogen) atoms. The Kier molecular flexibility index (Phi) is 10.3.